The predicted molar refractivity (Wildman–Crippen MR) is 73.4 cm³/mol. The van der Waals surface area contributed by atoms with Crippen LogP contribution in [0.2, 0.25) is 5.02 Å². The van der Waals surface area contributed by atoms with Gasteiger partial charge in [-0.05, 0) is 24.3 Å². The van der Waals surface area contributed by atoms with Gasteiger partial charge in [0, 0.05) is 15.9 Å². The van der Waals surface area contributed by atoms with Gasteiger partial charge >= 0.3 is 0 Å². The van der Waals surface area contributed by atoms with Crippen molar-refractivity contribution in [2.75, 3.05) is 0 Å². The summed E-state index contributed by atoms with van der Waals surface area (Å²) in [6, 6.07) is 13.5. The van der Waals surface area contributed by atoms with E-state index in [0.29, 0.717) is 9.92 Å². The topological polar surface area (TPSA) is 66.9 Å². The highest BCUT2D eigenvalue weighted by Gasteiger charge is 2.15. The fourth-order valence-corrected chi connectivity index (χ4v) is 2.60. The molecule has 0 aliphatic heterocycles. The Morgan fingerprint density at radius 2 is 2.00 bits per heavy atom. The third-order valence-corrected chi connectivity index (χ3v) is 3.86. The molecular weight excluding hydrogens is 284 g/mol. The molecule has 2 aromatic carbocycles. The first kappa shape index (κ1) is 13.4. The average molecular weight is 291 g/mol. The molecule has 2 rings (SSSR count). The van der Waals surface area contributed by atoms with Gasteiger partial charge in [-0.15, -0.1) is 0 Å². The maximum atomic E-state index is 10.9. The number of nitrogens with zero attached hydrogens (tertiary/aromatic N) is 2. The Kier molecular flexibility index (Phi) is 4.05. The summed E-state index contributed by atoms with van der Waals surface area (Å²) < 4.78 is 0. The molecule has 0 spiro atoms. The van der Waals surface area contributed by atoms with Gasteiger partial charge in [-0.2, -0.15) is 5.26 Å². The largest absolute Gasteiger partial charge is 0.288 e. The maximum absolute atomic E-state index is 10.9. The van der Waals surface area contributed by atoms with Gasteiger partial charge in [0.1, 0.15) is 11.6 Å². The predicted octanol–water partition coefficient (Wildman–Crippen LogP) is 4.27. The van der Waals surface area contributed by atoms with Crippen molar-refractivity contribution < 1.29 is 4.92 Å². The molecule has 0 amide bonds. The molecule has 0 saturated carbocycles. The minimum absolute atomic E-state index is 0.0495. The highest BCUT2D eigenvalue weighted by Crippen LogP contribution is 2.35. The van der Waals surface area contributed by atoms with Gasteiger partial charge in [0.25, 0.3) is 5.69 Å². The number of nitro benzene ring substituents is 1. The number of hydrogen-bond donors (Lipinski definition) is 0. The van der Waals surface area contributed by atoms with Crippen molar-refractivity contribution >= 4 is 29.1 Å². The summed E-state index contributed by atoms with van der Waals surface area (Å²) >= 11 is 7.35. The normalized spacial score (nSPS) is 9.89. The quantitative estimate of drug-likeness (QED) is 0.625. The summed E-state index contributed by atoms with van der Waals surface area (Å²) in [5, 5.41) is 20.3. The summed E-state index contributed by atoms with van der Waals surface area (Å²) in [7, 11) is 0. The number of hydrogen-bond acceptors (Lipinski definition) is 4. The molecule has 4 nitrogen and oxygen atoms in total. The van der Waals surface area contributed by atoms with E-state index in [2.05, 4.69) is 0 Å². The Labute approximate surface area is 118 Å². The van der Waals surface area contributed by atoms with E-state index in [9.17, 15) is 10.1 Å². The molecule has 0 bridgehead atoms. The lowest BCUT2D eigenvalue weighted by molar-refractivity contribution is -0.385. The summed E-state index contributed by atoms with van der Waals surface area (Å²) in [5.41, 5.74) is -0.145. The lowest BCUT2D eigenvalue weighted by Gasteiger charge is -2.04. The Hall–Kier alpha value is -2.03. The van der Waals surface area contributed by atoms with Crippen LogP contribution >= 0.6 is 23.4 Å². The lowest BCUT2D eigenvalue weighted by atomic mass is 10.2. The van der Waals surface area contributed by atoms with E-state index in [1.54, 1.807) is 18.2 Å². The summed E-state index contributed by atoms with van der Waals surface area (Å²) in [5.74, 6) is 0. The zero-order valence-electron chi connectivity index (χ0n) is 9.54. The van der Waals surface area contributed by atoms with Crippen molar-refractivity contribution in [1.29, 1.82) is 5.26 Å². The van der Waals surface area contributed by atoms with Crippen LogP contribution in [0, 0.1) is 21.4 Å². The maximum Gasteiger partial charge on any atom is 0.288 e. The van der Waals surface area contributed by atoms with Crippen molar-refractivity contribution in [3.8, 4) is 6.07 Å². The van der Waals surface area contributed by atoms with Crippen LogP contribution in [0.15, 0.2) is 52.3 Å². The summed E-state index contributed by atoms with van der Waals surface area (Å²) in [4.78, 5) is 11.8. The van der Waals surface area contributed by atoms with E-state index < -0.39 is 4.92 Å². The first-order valence-electron chi connectivity index (χ1n) is 5.22. The van der Waals surface area contributed by atoms with Crippen LogP contribution in [0.1, 0.15) is 5.56 Å². The molecule has 0 fully saturated rings. The lowest BCUT2D eigenvalue weighted by Crippen LogP contribution is -1.92. The van der Waals surface area contributed by atoms with Crippen molar-refractivity contribution in [3.05, 3.63) is 63.2 Å². The molecule has 0 saturated heterocycles. The molecule has 0 atom stereocenters. The minimum Gasteiger partial charge on any atom is -0.258 e. The van der Waals surface area contributed by atoms with Crippen LogP contribution in [-0.2, 0) is 0 Å². The van der Waals surface area contributed by atoms with E-state index in [-0.39, 0.29) is 11.3 Å². The van der Waals surface area contributed by atoms with E-state index >= 15 is 0 Å². The van der Waals surface area contributed by atoms with Crippen LogP contribution in [0.3, 0.4) is 0 Å². The molecule has 0 aliphatic rings. The smallest absolute Gasteiger partial charge is 0.258 e. The molecule has 0 radical (unpaired) electrons. The van der Waals surface area contributed by atoms with Gasteiger partial charge in [0.05, 0.1) is 9.95 Å². The van der Waals surface area contributed by atoms with Gasteiger partial charge in [0.2, 0.25) is 0 Å². The number of benzene rings is 2. The van der Waals surface area contributed by atoms with Gasteiger partial charge in [-0.25, -0.2) is 0 Å². The van der Waals surface area contributed by atoms with Crippen molar-refractivity contribution in [1.82, 2.24) is 0 Å². The molecule has 0 heterocycles. The second-order valence-corrected chi connectivity index (χ2v) is 5.10. The Morgan fingerprint density at radius 3 is 2.63 bits per heavy atom. The minimum atomic E-state index is -0.560. The van der Waals surface area contributed by atoms with Crippen LogP contribution < -0.4 is 0 Å². The molecular formula is C13H7ClN2O2S. The van der Waals surface area contributed by atoms with E-state index in [1.807, 2.05) is 18.2 Å². The average Bonchev–Trinajstić information content (AvgIpc) is 2.41. The second-order valence-electron chi connectivity index (χ2n) is 3.58. The third-order valence-electron chi connectivity index (χ3n) is 2.35. The first-order valence-corrected chi connectivity index (χ1v) is 6.42. The zero-order valence-corrected chi connectivity index (χ0v) is 11.1. The summed E-state index contributed by atoms with van der Waals surface area (Å²) in [6.45, 7) is 0. The summed E-state index contributed by atoms with van der Waals surface area (Å²) in [6.07, 6.45) is 0. The van der Waals surface area contributed by atoms with Gasteiger partial charge in [0.15, 0.2) is 0 Å². The highest BCUT2D eigenvalue weighted by molar-refractivity contribution is 7.99. The van der Waals surface area contributed by atoms with Crippen molar-refractivity contribution in [2.45, 2.75) is 9.79 Å². The molecule has 0 N–H and O–H groups in total. The standard InChI is InChI=1S/C13H7ClN2O2S/c14-11-3-1-2-4-13(11)19-10-6-5-9(8-15)12(7-10)16(17)18/h1-7H. The molecule has 6 heteroatoms. The van der Waals surface area contributed by atoms with Crippen LogP contribution in [-0.4, -0.2) is 4.92 Å². The highest BCUT2D eigenvalue weighted by atomic mass is 35.5. The molecule has 0 aromatic heterocycles. The van der Waals surface area contributed by atoms with Crippen LogP contribution in [0.5, 0.6) is 0 Å². The fourth-order valence-electron chi connectivity index (χ4n) is 1.48. The number of nitriles is 1. The number of rotatable bonds is 3. The molecule has 94 valence electrons. The van der Waals surface area contributed by atoms with Crippen LogP contribution in [0.4, 0.5) is 5.69 Å². The van der Waals surface area contributed by atoms with E-state index in [4.69, 9.17) is 16.9 Å². The van der Waals surface area contributed by atoms with Crippen molar-refractivity contribution in [3.63, 3.8) is 0 Å². The van der Waals surface area contributed by atoms with Crippen molar-refractivity contribution in [2.24, 2.45) is 0 Å². The molecule has 0 unspecified atom stereocenters. The van der Waals surface area contributed by atoms with Gasteiger partial charge in [-0.3, -0.25) is 10.1 Å². The van der Waals surface area contributed by atoms with E-state index in [0.717, 1.165) is 4.90 Å². The third kappa shape index (κ3) is 3.05. The molecule has 0 aliphatic carbocycles. The zero-order chi connectivity index (χ0) is 13.8. The number of nitro groups is 1. The molecule has 2 aromatic rings. The second kappa shape index (κ2) is 5.74. The Morgan fingerprint density at radius 1 is 1.26 bits per heavy atom. The van der Waals surface area contributed by atoms with E-state index in [1.165, 1.54) is 23.9 Å². The fraction of sp³-hybridized carbons (Fsp3) is 0. The number of halogens is 1. The first-order chi connectivity index (χ1) is 9.11. The SMILES string of the molecule is N#Cc1ccc(Sc2ccccc2Cl)cc1[N+](=O)[O-]. The Balaban J connectivity index is 2.38. The monoisotopic (exact) mass is 290 g/mol. The Bertz CT molecular complexity index is 683. The van der Waals surface area contributed by atoms with Gasteiger partial charge in [-0.1, -0.05) is 35.5 Å². The van der Waals surface area contributed by atoms with Crippen LogP contribution in [0.25, 0.3) is 0 Å². The molecule has 19 heavy (non-hydrogen) atoms. The van der Waals surface area contributed by atoms with Gasteiger partial charge < -0.3 is 0 Å².